The third-order valence-corrected chi connectivity index (χ3v) is 3.36. The molecule has 82 valence electrons. The van der Waals surface area contributed by atoms with Crippen LogP contribution in [-0.2, 0) is 5.54 Å². The molecule has 0 radical (unpaired) electrons. The summed E-state index contributed by atoms with van der Waals surface area (Å²) in [6, 6.07) is 6.31. The van der Waals surface area contributed by atoms with Crippen LogP contribution >= 0.6 is 0 Å². The number of aryl methyl sites for hydroxylation is 1. The molecule has 1 aromatic carbocycles. The normalized spacial score (nSPS) is 19.1. The number of benzene rings is 1. The van der Waals surface area contributed by atoms with E-state index in [4.69, 9.17) is 10.5 Å². The highest BCUT2D eigenvalue weighted by Gasteiger charge is 2.31. The van der Waals surface area contributed by atoms with Gasteiger partial charge in [-0.2, -0.15) is 0 Å². The zero-order valence-corrected chi connectivity index (χ0v) is 9.55. The maximum absolute atomic E-state index is 6.42. The molecule has 0 spiro atoms. The number of hydrogen-bond donors (Lipinski definition) is 1. The minimum absolute atomic E-state index is 0.112. The molecule has 0 heterocycles. The summed E-state index contributed by atoms with van der Waals surface area (Å²) < 4.78 is 5.28. The SMILES string of the molecule is COc1cc(C)cc(C2(N)CCCC2)c1. The molecule has 1 aliphatic rings. The highest BCUT2D eigenvalue weighted by Crippen LogP contribution is 2.37. The molecular weight excluding hydrogens is 186 g/mol. The van der Waals surface area contributed by atoms with Crippen molar-refractivity contribution < 1.29 is 4.74 Å². The van der Waals surface area contributed by atoms with E-state index in [9.17, 15) is 0 Å². The fourth-order valence-corrected chi connectivity index (χ4v) is 2.45. The second-order valence-corrected chi connectivity index (χ2v) is 4.60. The van der Waals surface area contributed by atoms with Crippen LogP contribution in [0.3, 0.4) is 0 Å². The Morgan fingerprint density at radius 1 is 1.20 bits per heavy atom. The lowest BCUT2D eigenvalue weighted by atomic mass is 9.88. The van der Waals surface area contributed by atoms with Crippen LogP contribution in [0.2, 0.25) is 0 Å². The van der Waals surface area contributed by atoms with Gasteiger partial charge in [0.1, 0.15) is 5.75 Å². The standard InChI is InChI=1S/C13H19NO/c1-10-7-11(9-12(8-10)15-2)13(14)5-3-4-6-13/h7-9H,3-6,14H2,1-2H3. The van der Waals surface area contributed by atoms with Crippen molar-refractivity contribution in [3.05, 3.63) is 29.3 Å². The summed E-state index contributed by atoms with van der Waals surface area (Å²) in [4.78, 5) is 0. The van der Waals surface area contributed by atoms with Crippen molar-refractivity contribution in [2.24, 2.45) is 5.73 Å². The van der Waals surface area contributed by atoms with Crippen LogP contribution in [0.1, 0.15) is 36.8 Å². The van der Waals surface area contributed by atoms with E-state index in [-0.39, 0.29) is 5.54 Å². The van der Waals surface area contributed by atoms with Gasteiger partial charge in [0.15, 0.2) is 0 Å². The van der Waals surface area contributed by atoms with Crippen LogP contribution < -0.4 is 10.5 Å². The van der Waals surface area contributed by atoms with Gasteiger partial charge in [-0.3, -0.25) is 0 Å². The Morgan fingerprint density at radius 3 is 2.47 bits per heavy atom. The maximum atomic E-state index is 6.42. The highest BCUT2D eigenvalue weighted by molar-refractivity contribution is 5.38. The first kappa shape index (κ1) is 10.5. The molecule has 2 heteroatoms. The van der Waals surface area contributed by atoms with Crippen LogP contribution in [0.5, 0.6) is 5.75 Å². The van der Waals surface area contributed by atoms with E-state index in [1.807, 2.05) is 6.07 Å². The van der Waals surface area contributed by atoms with Crippen LogP contribution in [0.15, 0.2) is 18.2 Å². The van der Waals surface area contributed by atoms with E-state index >= 15 is 0 Å². The molecule has 1 saturated carbocycles. The molecular formula is C13H19NO. The van der Waals surface area contributed by atoms with Crippen molar-refractivity contribution in [3.8, 4) is 5.75 Å². The van der Waals surface area contributed by atoms with Crippen molar-refractivity contribution in [1.29, 1.82) is 0 Å². The van der Waals surface area contributed by atoms with Gasteiger partial charge in [-0.1, -0.05) is 18.9 Å². The Labute approximate surface area is 91.4 Å². The van der Waals surface area contributed by atoms with Crippen LogP contribution in [0.4, 0.5) is 0 Å². The quantitative estimate of drug-likeness (QED) is 0.805. The zero-order chi connectivity index (χ0) is 10.9. The van der Waals surface area contributed by atoms with Gasteiger partial charge < -0.3 is 10.5 Å². The minimum atomic E-state index is -0.112. The summed E-state index contributed by atoms with van der Waals surface area (Å²) in [6.45, 7) is 2.09. The maximum Gasteiger partial charge on any atom is 0.119 e. The lowest BCUT2D eigenvalue weighted by Gasteiger charge is -2.25. The first-order valence-electron chi connectivity index (χ1n) is 5.59. The molecule has 2 N–H and O–H groups in total. The van der Waals surface area contributed by atoms with Gasteiger partial charge in [0, 0.05) is 5.54 Å². The van der Waals surface area contributed by atoms with Crippen molar-refractivity contribution >= 4 is 0 Å². The molecule has 0 bridgehead atoms. The van der Waals surface area contributed by atoms with Gasteiger partial charge in [-0.25, -0.2) is 0 Å². The van der Waals surface area contributed by atoms with Gasteiger partial charge in [-0.15, -0.1) is 0 Å². The highest BCUT2D eigenvalue weighted by atomic mass is 16.5. The molecule has 2 nitrogen and oxygen atoms in total. The Bertz CT molecular complexity index is 354. The van der Waals surface area contributed by atoms with E-state index in [0.717, 1.165) is 18.6 Å². The summed E-state index contributed by atoms with van der Waals surface area (Å²) in [6.07, 6.45) is 4.68. The summed E-state index contributed by atoms with van der Waals surface area (Å²) in [7, 11) is 1.70. The van der Waals surface area contributed by atoms with Crippen molar-refractivity contribution in [1.82, 2.24) is 0 Å². The number of nitrogens with two attached hydrogens (primary N) is 1. The zero-order valence-electron chi connectivity index (χ0n) is 9.55. The molecule has 2 rings (SSSR count). The summed E-state index contributed by atoms with van der Waals surface area (Å²) in [5, 5.41) is 0. The van der Waals surface area contributed by atoms with Crippen LogP contribution in [0, 0.1) is 6.92 Å². The van der Waals surface area contributed by atoms with Crippen LogP contribution in [0.25, 0.3) is 0 Å². The molecule has 1 aliphatic carbocycles. The van der Waals surface area contributed by atoms with E-state index in [2.05, 4.69) is 19.1 Å². The molecule has 1 fully saturated rings. The van der Waals surface area contributed by atoms with Crippen molar-refractivity contribution in [2.75, 3.05) is 7.11 Å². The first-order valence-corrected chi connectivity index (χ1v) is 5.59. The number of hydrogen-bond acceptors (Lipinski definition) is 2. The Kier molecular flexibility index (Phi) is 2.70. The van der Waals surface area contributed by atoms with Crippen molar-refractivity contribution in [2.45, 2.75) is 38.1 Å². The summed E-state index contributed by atoms with van der Waals surface area (Å²) in [5.41, 5.74) is 8.76. The number of methoxy groups -OCH3 is 1. The molecule has 0 aliphatic heterocycles. The third-order valence-electron chi connectivity index (χ3n) is 3.36. The Hall–Kier alpha value is -1.02. The monoisotopic (exact) mass is 205 g/mol. The summed E-state index contributed by atoms with van der Waals surface area (Å²) >= 11 is 0. The summed E-state index contributed by atoms with van der Waals surface area (Å²) in [5.74, 6) is 0.918. The van der Waals surface area contributed by atoms with Gasteiger partial charge in [0.25, 0.3) is 0 Å². The molecule has 0 atom stereocenters. The largest absolute Gasteiger partial charge is 0.497 e. The Morgan fingerprint density at radius 2 is 1.87 bits per heavy atom. The minimum Gasteiger partial charge on any atom is -0.497 e. The van der Waals surface area contributed by atoms with Crippen LogP contribution in [-0.4, -0.2) is 7.11 Å². The first-order chi connectivity index (χ1) is 7.14. The predicted octanol–water partition coefficient (Wildman–Crippen LogP) is 2.73. The van der Waals surface area contributed by atoms with E-state index in [0.29, 0.717) is 0 Å². The predicted molar refractivity (Wildman–Crippen MR) is 62.1 cm³/mol. The molecule has 0 saturated heterocycles. The molecule has 15 heavy (non-hydrogen) atoms. The second kappa shape index (κ2) is 3.86. The van der Waals surface area contributed by atoms with Gasteiger partial charge in [0.2, 0.25) is 0 Å². The van der Waals surface area contributed by atoms with Gasteiger partial charge in [-0.05, 0) is 43.0 Å². The number of ether oxygens (including phenoxy) is 1. The van der Waals surface area contributed by atoms with Crippen molar-refractivity contribution in [3.63, 3.8) is 0 Å². The second-order valence-electron chi connectivity index (χ2n) is 4.60. The van der Waals surface area contributed by atoms with E-state index in [1.54, 1.807) is 7.11 Å². The fourth-order valence-electron chi connectivity index (χ4n) is 2.45. The lowest BCUT2D eigenvalue weighted by Crippen LogP contribution is -2.33. The molecule has 0 amide bonds. The fraction of sp³-hybridized carbons (Fsp3) is 0.538. The smallest absolute Gasteiger partial charge is 0.119 e. The Balaban J connectivity index is 2.38. The average molecular weight is 205 g/mol. The molecule has 0 aromatic heterocycles. The van der Waals surface area contributed by atoms with Gasteiger partial charge >= 0.3 is 0 Å². The van der Waals surface area contributed by atoms with E-state index in [1.165, 1.54) is 24.0 Å². The lowest BCUT2D eigenvalue weighted by molar-refractivity contribution is 0.408. The molecule has 1 aromatic rings. The third kappa shape index (κ3) is 2.00. The number of rotatable bonds is 2. The topological polar surface area (TPSA) is 35.2 Å². The average Bonchev–Trinajstić information content (AvgIpc) is 2.65. The van der Waals surface area contributed by atoms with E-state index < -0.39 is 0 Å². The molecule has 0 unspecified atom stereocenters. The van der Waals surface area contributed by atoms with Gasteiger partial charge in [0.05, 0.1) is 7.11 Å².